The number of amides is 2. The number of benzene rings is 1. The van der Waals surface area contributed by atoms with E-state index >= 15 is 0 Å². The van der Waals surface area contributed by atoms with Crippen molar-refractivity contribution in [2.75, 3.05) is 13.1 Å². The topological polar surface area (TPSA) is 58.4 Å². The first-order chi connectivity index (χ1) is 12.8. The van der Waals surface area contributed by atoms with Gasteiger partial charge in [0.1, 0.15) is 5.65 Å². The number of carbonyl (C=O) groups excluding carboxylic acids is 1. The van der Waals surface area contributed by atoms with Gasteiger partial charge in [0.05, 0.1) is 5.69 Å². The number of hydrogen-bond acceptors (Lipinski definition) is 2. The van der Waals surface area contributed by atoms with E-state index in [4.69, 9.17) is 0 Å². The summed E-state index contributed by atoms with van der Waals surface area (Å²) in [5.74, 6) is 0. The van der Waals surface area contributed by atoms with Gasteiger partial charge in [0, 0.05) is 37.3 Å². The fourth-order valence-corrected chi connectivity index (χ4v) is 3.69. The van der Waals surface area contributed by atoms with Crippen LogP contribution in [0.4, 0.5) is 4.79 Å². The summed E-state index contributed by atoms with van der Waals surface area (Å²) in [7, 11) is 0. The van der Waals surface area contributed by atoms with Gasteiger partial charge in [-0.3, -0.25) is 0 Å². The summed E-state index contributed by atoms with van der Waals surface area (Å²) < 4.78 is 2.00. The average Bonchev–Trinajstić information content (AvgIpc) is 3.04. The Kier molecular flexibility index (Phi) is 4.61. The van der Waals surface area contributed by atoms with Gasteiger partial charge in [-0.2, -0.15) is 0 Å². The van der Waals surface area contributed by atoms with Gasteiger partial charge >= 0.3 is 6.03 Å². The molecule has 0 radical (unpaired) electrons. The van der Waals surface area contributed by atoms with Crippen molar-refractivity contribution in [2.24, 2.45) is 0 Å². The molecular weight excluding hydrogens is 324 g/mol. The maximum Gasteiger partial charge on any atom is 0.314 e. The zero-order valence-electron chi connectivity index (χ0n) is 14.8. The van der Waals surface area contributed by atoms with Crippen molar-refractivity contribution in [3.63, 3.8) is 0 Å². The molecule has 0 bridgehead atoms. The second-order valence-electron chi connectivity index (χ2n) is 7.06. The molecule has 5 heteroatoms. The first-order valence-corrected chi connectivity index (χ1v) is 9.25. The minimum atomic E-state index is -0.101. The molecule has 2 heterocycles. The Morgan fingerprint density at radius 3 is 2.62 bits per heavy atom. The number of nitrogens with zero attached hydrogens (tertiary/aromatic N) is 2. The lowest BCUT2D eigenvalue weighted by Crippen LogP contribution is -2.48. The Bertz CT molecular complexity index is 850. The highest BCUT2D eigenvalue weighted by molar-refractivity contribution is 5.74. The van der Waals surface area contributed by atoms with Gasteiger partial charge in [-0.05, 0) is 30.5 Å². The molecule has 0 spiro atoms. The number of rotatable bonds is 6. The highest BCUT2D eigenvalue weighted by atomic mass is 16.2. The number of fused-ring (bicyclic) bond motifs is 1. The molecule has 1 aliphatic rings. The summed E-state index contributed by atoms with van der Waals surface area (Å²) in [6, 6.07) is 16.4. The Labute approximate surface area is 153 Å². The lowest BCUT2D eigenvalue weighted by atomic mass is 9.64. The second kappa shape index (κ2) is 7.20. The van der Waals surface area contributed by atoms with Crippen LogP contribution in [0.2, 0.25) is 0 Å². The number of hydrogen-bond donors (Lipinski definition) is 2. The lowest BCUT2D eigenvalue weighted by Gasteiger charge is -2.42. The Balaban J connectivity index is 1.26. The van der Waals surface area contributed by atoms with Gasteiger partial charge in [0.25, 0.3) is 0 Å². The fraction of sp³-hybridized carbons (Fsp3) is 0.333. The van der Waals surface area contributed by atoms with E-state index in [1.165, 1.54) is 12.0 Å². The van der Waals surface area contributed by atoms with E-state index in [0.717, 1.165) is 30.6 Å². The molecule has 2 N–H and O–H groups in total. The number of aromatic nitrogens is 2. The largest absolute Gasteiger partial charge is 0.338 e. The highest BCUT2D eigenvalue weighted by Crippen LogP contribution is 2.43. The molecule has 0 aliphatic heterocycles. The third-order valence-electron chi connectivity index (χ3n) is 5.36. The van der Waals surface area contributed by atoms with Crippen molar-refractivity contribution in [2.45, 2.75) is 31.1 Å². The second-order valence-corrected chi connectivity index (χ2v) is 7.06. The van der Waals surface area contributed by atoms with Gasteiger partial charge in [-0.15, -0.1) is 0 Å². The predicted molar refractivity (Wildman–Crippen MR) is 102 cm³/mol. The van der Waals surface area contributed by atoms with E-state index in [1.807, 2.05) is 41.1 Å². The van der Waals surface area contributed by atoms with Gasteiger partial charge in [0.15, 0.2) is 0 Å². The quantitative estimate of drug-likeness (QED) is 0.718. The summed E-state index contributed by atoms with van der Waals surface area (Å²) in [6.07, 6.45) is 8.21. The normalized spacial score (nSPS) is 15.4. The first-order valence-electron chi connectivity index (χ1n) is 9.25. The summed E-state index contributed by atoms with van der Waals surface area (Å²) in [4.78, 5) is 16.7. The number of pyridine rings is 1. The Morgan fingerprint density at radius 2 is 1.88 bits per heavy atom. The molecule has 1 fully saturated rings. The average molecular weight is 348 g/mol. The van der Waals surface area contributed by atoms with Gasteiger partial charge in [-0.1, -0.05) is 42.8 Å². The molecule has 2 aromatic heterocycles. The monoisotopic (exact) mass is 348 g/mol. The van der Waals surface area contributed by atoms with Crippen LogP contribution in [0.1, 0.15) is 30.5 Å². The number of urea groups is 1. The van der Waals surface area contributed by atoms with Crippen LogP contribution in [0.15, 0.2) is 60.9 Å². The number of nitrogens with one attached hydrogen (secondary N) is 2. The molecule has 0 unspecified atom stereocenters. The molecule has 2 amide bonds. The number of carbonyl (C=O) groups is 1. The molecule has 4 rings (SSSR count). The highest BCUT2D eigenvalue weighted by Gasteiger charge is 2.38. The van der Waals surface area contributed by atoms with Crippen LogP contribution in [0.25, 0.3) is 5.65 Å². The van der Waals surface area contributed by atoms with Crippen LogP contribution in [0.3, 0.4) is 0 Å². The van der Waals surface area contributed by atoms with Gasteiger partial charge < -0.3 is 15.0 Å². The summed E-state index contributed by atoms with van der Waals surface area (Å²) in [5, 5.41) is 6.01. The zero-order valence-corrected chi connectivity index (χ0v) is 14.8. The molecule has 3 aromatic rings. The van der Waals surface area contributed by atoms with Crippen molar-refractivity contribution in [1.82, 2.24) is 20.0 Å². The summed E-state index contributed by atoms with van der Waals surface area (Å²) >= 11 is 0. The third kappa shape index (κ3) is 3.43. The van der Waals surface area contributed by atoms with Crippen LogP contribution >= 0.6 is 0 Å². The smallest absolute Gasteiger partial charge is 0.314 e. The molecule has 5 nitrogen and oxygen atoms in total. The molecular formula is C21H24N4O. The molecule has 26 heavy (non-hydrogen) atoms. The van der Waals surface area contributed by atoms with E-state index in [2.05, 4.69) is 39.9 Å². The van der Waals surface area contributed by atoms with Crippen molar-refractivity contribution in [1.29, 1.82) is 0 Å². The maximum absolute atomic E-state index is 12.2. The molecule has 0 saturated heterocycles. The standard InChI is InChI=1S/C21H24N4O/c26-20(22-13-10-18-15-25-14-5-4-9-19(25)24-18)23-16-21(11-6-12-21)17-7-2-1-3-8-17/h1-5,7-9,14-15H,6,10-13,16H2,(H2,22,23,26). The van der Waals surface area contributed by atoms with Crippen LogP contribution in [-0.4, -0.2) is 28.5 Å². The van der Waals surface area contributed by atoms with Crippen LogP contribution in [0, 0.1) is 0 Å². The molecule has 0 atom stereocenters. The number of imidazole rings is 1. The van der Waals surface area contributed by atoms with E-state index < -0.39 is 0 Å². The van der Waals surface area contributed by atoms with Crippen LogP contribution < -0.4 is 10.6 Å². The Morgan fingerprint density at radius 1 is 1.08 bits per heavy atom. The van der Waals surface area contributed by atoms with Crippen molar-refractivity contribution >= 4 is 11.7 Å². The molecule has 1 aromatic carbocycles. The molecule has 1 aliphatic carbocycles. The SMILES string of the molecule is O=C(NCCc1cn2ccccc2n1)NCC1(c2ccccc2)CCC1. The summed E-state index contributed by atoms with van der Waals surface area (Å²) in [5.41, 5.74) is 3.36. The van der Waals surface area contributed by atoms with E-state index in [-0.39, 0.29) is 11.4 Å². The minimum absolute atomic E-state index is 0.101. The zero-order chi connectivity index (χ0) is 17.8. The maximum atomic E-state index is 12.2. The molecule has 134 valence electrons. The third-order valence-corrected chi connectivity index (χ3v) is 5.36. The van der Waals surface area contributed by atoms with Crippen molar-refractivity contribution in [3.05, 3.63) is 72.2 Å². The lowest BCUT2D eigenvalue weighted by molar-refractivity contribution is 0.215. The van der Waals surface area contributed by atoms with Gasteiger partial charge in [0.2, 0.25) is 0 Å². The van der Waals surface area contributed by atoms with E-state index in [9.17, 15) is 4.79 Å². The van der Waals surface area contributed by atoms with Crippen LogP contribution in [-0.2, 0) is 11.8 Å². The first kappa shape index (κ1) is 16.6. The molecule has 1 saturated carbocycles. The van der Waals surface area contributed by atoms with Gasteiger partial charge in [-0.25, -0.2) is 9.78 Å². The summed E-state index contributed by atoms with van der Waals surface area (Å²) in [6.45, 7) is 1.27. The van der Waals surface area contributed by atoms with Crippen molar-refractivity contribution < 1.29 is 4.79 Å². The van der Waals surface area contributed by atoms with Crippen molar-refractivity contribution in [3.8, 4) is 0 Å². The fourth-order valence-electron chi connectivity index (χ4n) is 3.69. The Hall–Kier alpha value is -2.82. The predicted octanol–water partition coefficient (Wildman–Crippen LogP) is 3.30. The van der Waals surface area contributed by atoms with E-state index in [1.54, 1.807) is 0 Å². The van der Waals surface area contributed by atoms with E-state index in [0.29, 0.717) is 13.1 Å². The minimum Gasteiger partial charge on any atom is -0.338 e. The van der Waals surface area contributed by atoms with Crippen LogP contribution in [0.5, 0.6) is 0 Å².